The summed E-state index contributed by atoms with van der Waals surface area (Å²) in [5.74, 6) is 0. The maximum Gasteiger partial charge on any atom is 0.0643 e. The number of pyridine rings is 1. The molecule has 96 valence electrons. The molecule has 0 radical (unpaired) electrons. The zero-order valence-electron chi connectivity index (χ0n) is 11.1. The summed E-state index contributed by atoms with van der Waals surface area (Å²) in [7, 11) is 1.93. The summed E-state index contributed by atoms with van der Waals surface area (Å²) in [4.78, 5) is 4.20. The van der Waals surface area contributed by atoms with Crippen LogP contribution in [0, 0.1) is 6.92 Å². The van der Waals surface area contributed by atoms with Gasteiger partial charge in [0.25, 0.3) is 0 Å². The average molecular weight is 245 g/mol. The highest BCUT2D eigenvalue weighted by Crippen LogP contribution is 2.14. The summed E-state index contributed by atoms with van der Waals surface area (Å²) >= 11 is 0. The van der Waals surface area contributed by atoms with Gasteiger partial charge in [-0.3, -0.25) is 9.67 Å². The highest BCUT2D eigenvalue weighted by molar-refractivity contribution is 5.54. The van der Waals surface area contributed by atoms with Gasteiger partial charge < -0.3 is 10.6 Å². The van der Waals surface area contributed by atoms with E-state index in [0.717, 1.165) is 30.2 Å². The number of hydrogen-bond donors (Lipinski definition) is 2. The summed E-state index contributed by atoms with van der Waals surface area (Å²) in [5.41, 5.74) is 4.30. The van der Waals surface area contributed by atoms with Crippen molar-refractivity contribution in [2.45, 2.75) is 20.4 Å². The molecule has 0 spiro atoms. The van der Waals surface area contributed by atoms with E-state index in [1.807, 2.05) is 37.2 Å². The molecule has 2 aromatic heterocycles. The Kier molecular flexibility index (Phi) is 3.82. The van der Waals surface area contributed by atoms with Crippen molar-refractivity contribution < 1.29 is 0 Å². The lowest BCUT2D eigenvalue weighted by molar-refractivity contribution is 0.756. The van der Waals surface area contributed by atoms with Crippen molar-refractivity contribution in [3.8, 4) is 0 Å². The first-order chi connectivity index (χ1) is 8.69. The van der Waals surface area contributed by atoms with E-state index in [1.165, 1.54) is 5.56 Å². The standard InChI is InChI=1S/C13H19N5/c1-4-15-12-5-13(8-14-7-12)16-6-11-9-18(3)17-10(11)2/h5,7-9,15-16H,4,6H2,1-3H3. The molecular formula is C13H19N5. The van der Waals surface area contributed by atoms with Gasteiger partial charge in [-0.25, -0.2) is 0 Å². The molecule has 0 bridgehead atoms. The molecule has 0 saturated heterocycles. The third-order valence-corrected chi connectivity index (χ3v) is 2.72. The topological polar surface area (TPSA) is 54.8 Å². The Balaban J connectivity index is 2.01. The molecule has 2 N–H and O–H groups in total. The normalized spacial score (nSPS) is 10.4. The van der Waals surface area contributed by atoms with Crippen LogP contribution in [0.15, 0.2) is 24.7 Å². The third-order valence-electron chi connectivity index (χ3n) is 2.72. The smallest absolute Gasteiger partial charge is 0.0643 e. The molecule has 0 aliphatic carbocycles. The van der Waals surface area contributed by atoms with Crippen LogP contribution < -0.4 is 10.6 Å². The fourth-order valence-electron chi connectivity index (χ4n) is 1.86. The number of nitrogens with zero attached hydrogens (tertiary/aromatic N) is 3. The Morgan fingerprint density at radius 1 is 1.22 bits per heavy atom. The fourth-order valence-corrected chi connectivity index (χ4v) is 1.86. The Labute approximate surface area is 107 Å². The first-order valence-electron chi connectivity index (χ1n) is 6.11. The Bertz CT molecular complexity index is 518. The lowest BCUT2D eigenvalue weighted by atomic mass is 10.2. The van der Waals surface area contributed by atoms with E-state index in [0.29, 0.717) is 0 Å². The van der Waals surface area contributed by atoms with Gasteiger partial charge in [-0.15, -0.1) is 0 Å². The lowest BCUT2D eigenvalue weighted by Gasteiger charge is -2.08. The van der Waals surface area contributed by atoms with Gasteiger partial charge in [0, 0.05) is 31.9 Å². The molecule has 2 rings (SSSR count). The number of rotatable bonds is 5. The minimum absolute atomic E-state index is 0.761. The second kappa shape index (κ2) is 5.53. The second-order valence-electron chi connectivity index (χ2n) is 4.26. The van der Waals surface area contributed by atoms with Gasteiger partial charge in [0.05, 0.1) is 29.5 Å². The average Bonchev–Trinajstić information content (AvgIpc) is 2.66. The van der Waals surface area contributed by atoms with Gasteiger partial charge in [-0.1, -0.05) is 0 Å². The van der Waals surface area contributed by atoms with Gasteiger partial charge in [-0.2, -0.15) is 5.10 Å². The zero-order valence-corrected chi connectivity index (χ0v) is 11.1. The highest BCUT2D eigenvalue weighted by atomic mass is 15.2. The Morgan fingerprint density at radius 2 is 1.94 bits per heavy atom. The van der Waals surface area contributed by atoms with Crippen molar-refractivity contribution in [3.05, 3.63) is 35.9 Å². The van der Waals surface area contributed by atoms with Crippen molar-refractivity contribution in [1.29, 1.82) is 0 Å². The Hall–Kier alpha value is -2.04. The molecule has 0 amide bonds. The van der Waals surface area contributed by atoms with Crippen LogP contribution >= 0.6 is 0 Å². The number of anilines is 2. The van der Waals surface area contributed by atoms with E-state index < -0.39 is 0 Å². The van der Waals surface area contributed by atoms with Crippen LogP contribution in [-0.4, -0.2) is 21.3 Å². The SMILES string of the molecule is CCNc1cncc(NCc2cn(C)nc2C)c1. The van der Waals surface area contributed by atoms with Crippen LogP contribution in [-0.2, 0) is 13.6 Å². The number of aromatic nitrogens is 3. The van der Waals surface area contributed by atoms with Crippen molar-refractivity contribution in [3.63, 3.8) is 0 Å². The molecule has 2 aromatic rings. The van der Waals surface area contributed by atoms with E-state index in [2.05, 4.69) is 33.7 Å². The minimum atomic E-state index is 0.761. The van der Waals surface area contributed by atoms with E-state index >= 15 is 0 Å². The molecule has 5 heteroatoms. The van der Waals surface area contributed by atoms with E-state index in [1.54, 1.807) is 0 Å². The van der Waals surface area contributed by atoms with Crippen molar-refractivity contribution >= 4 is 11.4 Å². The van der Waals surface area contributed by atoms with E-state index in [9.17, 15) is 0 Å². The number of nitrogens with one attached hydrogen (secondary N) is 2. The predicted molar refractivity (Wildman–Crippen MR) is 73.7 cm³/mol. The van der Waals surface area contributed by atoms with Gasteiger partial charge in [0.1, 0.15) is 0 Å². The van der Waals surface area contributed by atoms with Crippen LogP contribution in [0.4, 0.5) is 11.4 Å². The van der Waals surface area contributed by atoms with Crippen molar-refractivity contribution in [1.82, 2.24) is 14.8 Å². The molecule has 0 aliphatic rings. The maximum absolute atomic E-state index is 4.32. The quantitative estimate of drug-likeness (QED) is 0.847. The first kappa shape index (κ1) is 12.4. The molecule has 2 heterocycles. The Morgan fingerprint density at radius 3 is 2.56 bits per heavy atom. The third kappa shape index (κ3) is 3.00. The van der Waals surface area contributed by atoms with Crippen LogP contribution in [0.25, 0.3) is 0 Å². The van der Waals surface area contributed by atoms with Crippen LogP contribution in [0.2, 0.25) is 0 Å². The van der Waals surface area contributed by atoms with Crippen LogP contribution in [0.5, 0.6) is 0 Å². The molecule has 0 fully saturated rings. The van der Waals surface area contributed by atoms with E-state index in [-0.39, 0.29) is 0 Å². The van der Waals surface area contributed by atoms with Gasteiger partial charge >= 0.3 is 0 Å². The van der Waals surface area contributed by atoms with Gasteiger partial charge in [0.15, 0.2) is 0 Å². The summed E-state index contributed by atoms with van der Waals surface area (Å²) in [6, 6.07) is 2.06. The minimum Gasteiger partial charge on any atom is -0.384 e. The second-order valence-corrected chi connectivity index (χ2v) is 4.26. The molecule has 0 aromatic carbocycles. The van der Waals surface area contributed by atoms with Gasteiger partial charge in [0.2, 0.25) is 0 Å². The molecular weight excluding hydrogens is 226 g/mol. The summed E-state index contributed by atoms with van der Waals surface area (Å²) in [5, 5.41) is 10.9. The molecule has 5 nitrogen and oxygen atoms in total. The molecule has 0 atom stereocenters. The van der Waals surface area contributed by atoms with Crippen LogP contribution in [0.1, 0.15) is 18.2 Å². The zero-order chi connectivity index (χ0) is 13.0. The fraction of sp³-hybridized carbons (Fsp3) is 0.385. The number of aryl methyl sites for hydroxylation is 2. The van der Waals surface area contributed by atoms with Crippen LogP contribution in [0.3, 0.4) is 0 Å². The molecule has 18 heavy (non-hydrogen) atoms. The largest absolute Gasteiger partial charge is 0.384 e. The lowest BCUT2D eigenvalue weighted by Crippen LogP contribution is -2.02. The molecule has 0 saturated carbocycles. The first-order valence-corrected chi connectivity index (χ1v) is 6.11. The monoisotopic (exact) mass is 245 g/mol. The molecule has 0 aliphatic heterocycles. The van der Waals surface area contributed by atoms with Crippen molar-refractivity contribution in [2.24, 2.45) is 7.05 Å². The summed E-state index contributed by atoms with van der Waals surface area (Å²) in [6.45, 7) is 5.74. The highest BCUT2D eigenvalue weighted by Gasteiger charge is 2.03. The predicted octanol–water partition coefficient (Wildman–Crippen LogP) is 2.17. The van der Waals surface area contributed by atoms with Gasteiger partial charge in [-0.05, 0) is 19.9 Å². The van der Waals surface area contributed by atoms with Crippen molar-refractivity contribution in [2.75, 3.05) is 17.2 Å². The maximum atomic E-state index is 4.32. The number of hydrogen-bond acceptors (Lipinski definition) is 4. The summed E-state index contributed by atoms with van der Waals surface area (Å²) < 4.78 is 1.83. The summed E-state index contributed by atoms with van der Waals surface area (Å²) in [6.07, 6.45) is 5.68. The molecule has 0 unspecified atom stereocenters. The van der Waals surface area contributed by atoms with E-state index in [4.69, 9.17) is 0 Å².